The Morgan fingerprint density at radius 3 is 2.36 bits per heavy atom. The van der Waals surface area contributed by atoms with E-state index in [2.05, 4.69) is 6.92 Å². The smallest absolute Gasteiger partial charge is 0.159 e. The molecule has 1 rings (SSSR count). The number of hydrogen-bond acceptors (Lipinski definition) is 2. The third-order valence-corrected chi connectivity index (χ3v) is 2.30. The quantitative estimate of drug-likeness (QED) is 0.685. The van der Waals surface area contributed by atoms with E-state index in [0.717, 1.165) is 5.56 Å². The van der Waals surface area contributed by atoms with Gasteiger partial charge in [0.2, 0.25) is 0 Å². The summed E-state index contributed by atoms with van der Waals surface area (Å²) in [6.07, 6.45) is 0. The maximum absolute atomic E-state index is 11.0. The minimum absolute atomic E-state index is 0.107. The van der Waals surface area contributed by atoms with Crippen molar-refractivity contribution in [2.45, 2.75) is 19.8 Å². The maximum atomic E-state index is 11.0. The lowest BCUT2D eigenvalue weighted by Gasteiger charge is -2.10. The van der Waals surface area contributed by atoms with Crippen molar-refractivity contribution in [3.63, 3.8) is 0 Å². The number of hydrogen-bond donors (Lipinski definition) is 0. The Morgan fingerprint density at radius 2 is 1.93 bits per heavy atom. The first-order valence-corrected chi connectivity index (χ1v) is 4.75. The fourth-order valence-electron chi connectivity index (χ4n) is 1.39. The summed E-state index contributed by atoms with van der Waals surface area (Å²) < 4.78 is 5.07. The zero-order valence-corrected chi connectivity index (χ0v) is 8.91. The van der Waals surface area contributed by atoms with E-state index in [4.69, 9.17) is 4.74 Å². The molecule has 0 aromatic heterocycles. The number of benzene rings is 1. The van der Waals surface area contributed by atoms with Crippen LogP contribution in [-0.4, -0.2) is 19.5 Å². The van der Waals surface area contributed by atoms with Gasteiger partial charge in [-0.25, -0.2) is 0 Å². The molecule has 0 N–H and O–H groups in total. The molecule has 0 bridgehead atoms. The van der Waals surface area contributed by atoms with Crippen LogP contribution < -0.4 is 0 Å². The molecule has 76 valence electrons. The maximum Gasteiger partial charge on any atom is 0.159 e. The number of ketones is 1. The van der Waals surface area contributed by atoms with E-state index in [9.17, 15) is 4.79 Å². The molecule has 0 aliphatic carbocycles. The number of Topliss-reactive ketones (excluding diaryl/α,β-unsaturated/α-hetero) is 1. The average Bonchev–Trinajstić information content (AvgIpc) is 2.18. The summed E-state index contributed by atoms with van der Waals surface area (Å²) >= 11 is 0. The van der Waals surface area contributed by atoms with Gasteiger partial charge in [0, 0.05) is 18.6 Å². The molecule has 0 heterocycles. The van der Waals surface area contributed by atoms with Crippen LogP contribution in [0.4, 0.5) is 0 Å². The Morgan fingerprint density at radius 1 is 1.36 bits per heavy atom. The van der Waals surface area contributed by atoms with Gasteiger partial charge in [-0.05, 0) is 12.5 Å². The zero-order valence-electron chi connectivity index (χ0n) is 8.91. The molecule has 0 radical (unpaired) electrons. The molecule has 0 saturated carbocycles. The molecule has 14 heavy (non-hydrogen) atoms. The Hall–Kier alpha value is -1.15. The fraction of sp³-hybridized carbons (Fsp3) is 0.417. The molecule has 0 aliphatic rings. The summed E-state index contributed by atoms with van der Waals surface area (Å²) in [5.74, 6) is 0.483. The SMILES string of the molecule is COCC(C)c1ccc(C(C)=O)cc1. The van der Waals surface area contributed by atoms with Gasteiger partial charge in [-0.3, -0.25) is 4.79 Å². The summed E-state index contributed by atoms with van der Waals surface area (Å²) in [5, 5.41) is 0. The molecule has 1 aromatic rings. The molecule has 0 spiro atoms. The lowest BCUT2D eigenvalue weighted by molar-refractivity contribution is 0.101. The second kappa shape index (κ2) is 4.91. The van der Waals surface area contributed by atoms with Crippen LogP contribution in [0, 0.1) is 0 Å². The van der Waals surface area contributed by atoms with E-state index in [1.54, 1.807) is 14.0 Å². The summed E-state index contributed by atoms with van der Waals surface area (Å²) in [5.41, 5.74) is 1.97. The highest BCUT2D eigenvalue weighted by Gasteiger charge is 2.05. The Bertz CT molecular complexity index is 301. The van der Waals surface area contributed by atoms with Crippen LogP contribution in [0.2, 0.25) is 0 Å². The summed E-state index contributed by atoms with van der Waals surface area (Å²) in [7, 11) is 1.69. The van der Waals surface area contributed by atoms with Gasteiger partial charge in [0.15, 0.2) is 5.78 Å². The topological polar surface area (TPSA) is 26.3 Å². The van der Waals surface area contributed by atoms with Crippen molar-refractivity contribution in [1.29, 1.82) is 0 Å². The van der Waals surface area contributed by atoms with Gasteiger partial charge in [-0.2, -0.15) is 0 Å². The van der Waals surface area contributed by atoms with Crippen molar-refractivity contribution in [3.8, 4) is 0 Å². The predicted molar refractivity (Wildman–Crippen MR) is 56.7 cm³/mol. The second-order valence-electron chi connectivity index (χ2n) is 3.53. The van der Waals surface area contributed by atoms with Crippen molar-refractivity contribution < 1.29 is 9.53 Å². The molecular weight excluding hydrogens is 176 g/mol. The standard InChI is InChI=1S/C12H16O2/c1-9(8-14-3)11-4-6-12(7-5-11)10(2)13/h4-7,9H,8H2,1-3H3. The van der Waals surface area contributed by atoms with Crippen LogP contribution in [0.3, 0.4) is 0 Å². The Balaban J connectivity index is 2.77. The van der Waals surface area contributed by atoms with Gasteiger partial charge in [-0.15, -0.1) is 0 Å². The molecule has 1 aromatic carbocycles. The summed E-state index contributed by atoms with van der Waals surface area (Å²) in [4.78, 5) is 11.0. The van der Waals surface area contributed by atoms with E-state index in [1.165, 1.54) is 5.56 Å². The van der Waals surface area contributed by atoms with Crippen LogP contribution in [-0.2, 0) is 4.74 Å². The van der Waals surface area contributed by atoms with E-state index >= 15 is 0 Å². The Labute approximate surface area is 84.9 Å². The summed E-state index contributed by atoms with van der Waals surface area (Å²) in [6.45, 7) is 4.39. The first kappa shape index (κ1) is 10.9. The molecule has 1 atom stereocenters. The van der Waals surface area contributed by atoms with Crippen molar-refractivity contribution in [2.24, 2.45) is 0 Å². The minimum Gasteiger partial charge on any atom is -0.384 e. The molecule has 1 unspecified atom stereocenters. The predicted octanol–water partition coefficient (Wildman–Crippen LogP) is 2.64. The molecule has 0 saturated heterocycles. The lowest BCUT2D eigenvalue weighted by atomic mass is 10.00. The highest BCUT2D eigenvalue weighted by Crippen LogP contribution is 2.16. The number of carbonyl (C=O) groups excluding carboxylic acids is 1. The highest BCUT2D eigenvalue weighted by molar-refractivity contribution is 5.94. The monoisotopic (exact) mass is 192 g/mol. The lowest BCUT2D eigenvalue weighted by Crippen LogP contribution is -2.02. The van der Waals surface area contributed by atoms with Crippen LogP contribution in [0.25, 0.3) is 0 Å². The third kappa shape index (κ3) is 2.67. The normalized spacial score (nSPS) is 12.5. The van der Waals surface area contributed by atoms with E-state index in [1.807, 2.05) is 24.3 Å². The number of carbonyl (C=O) groups is 1. The van der Waals surface area contributed by atoms with Gasteiger partial charge in [0.25, 0.3) is 0 Å². The molecule has 0 amide bonds. The number of rotatable bonds is 4. The van der Waals surface area contributed by atoms with Crippen molar-refractivity contribution in [1.82, 2.24) is 0 Å². The summed E-state index contributed by atoms with van der Waals surface area (Å²) in [6, 6.07) is 7.70. The van der Waals surface area contributed by atoms with Gasteiger partial charge in [0.05, 0.1) is 6.61 Å². The molecule has 2 nitrogen and oxygen atoms in total. The molecule has 0 fully saturated rings. The van der Waals surface area contributed by atoms with Crippen LogP contribution in [0.15, 0.2) is 24.3 Å². The van der Waals surface area contributed by atoms with Crippen LogP contribution in [0.1, 0.15) is 35.7 Å². The van der Waals surface area contributed by atoms with Crippen molar-refractivity contribution in [3.05, 3.63) is 35.4 Å². The van der Waals surface area contributed by atoms with Gasteiger partial charge >= 0.3 is 0 Å². The third-order valence-electron chi connectivity index (χ3n) is 2.30. The molecule has 2 heteroatoms. The highest BCUT2D eigenvalue weighted by atomic mass is 16.5. The molecular formula is C12H16O2. The number of methoxy groups -OCH3 is 1. The van der Waals surface area contributed by atoms with Crippen molar-refractivity contribution >= 4 is 5.78 Å². The molecule has 0 aliphatic heterocycles. The zero-order chi connectivity index (χ0) is 10.6. The fourth-order valence-corrected chi connectivity index (χ4v) is 1.39. The number of ether oxygens (including phenoxy) is 1. The first-order valence-electron chi connectivity index (χ1n) is 4.75. The van der Waals surface area contributed by atoms with E-state index < -0.39 is 0 Å². The van der Waals surface area contributed by atoms with Gasteiger partial charge < -0.3 is 4.74 Å². The average molecular weight is 192 g/mol. The van der Waals surface area contributed by atoms with E-state index in [-0.39, 0.29) is 5.78 Å². The largest absolute Gasteiger partial charge is 0.384 e. The Kier molecular flexibility index (Phi) is 3.84. The van der Waals surface area contributed by atoms with Gasteiger partial charge in [-0.1, -0.05) is 31.2 Å². The van der Waals surface area contributed by atoms with Gasteiger partial charge in [0.1, 0.15) is 0 Å². The second-order valence-corrected chi connectivity index (χ2v) is 3.53. The van der Waals surface area contributed by atoms with Crippen LogP contribution in [0.5, 0.6) is 0 Å². The minimum atomic E-state index is 0.107. The van der Waals surface area contributed by atoms with E-state index in [0.29, 0.717) is 12.5 Å². The van der Waals surface area contributed by atoms with Crippen LogP contribution >= 0.6 is 0 Å². The van der Waals surface area contributed by atoms with Crippen molar-refractivity contribution in [2.75, 3.05) is 13.7 Å². The first-order chi connectivity index (χ1) is 6.65.